The van der Waals surface area contributed by atoms with Crippen LogP contribution in [0, 0.1) is 0 Å². The SMILES string of the molecule is CCOC(=O)C1=C(Nc2ccccc2)O/C(=C\c2cccc(NC(=O)c3ccc(OC)cc3)c2)C1=O. The summed E-state index contributed by atoms with van der Waals surface area (Å²) in [5.74, 6) is -1.06. The highest BCUT2D eigenvalue weighted by atomic mass is 16.5. The first-order chi connectivity index (χ1) is 17.5. The third-order valence-electron chi connectivity index (χ3n) is 5.20. The van der Waals surface area contributed by atoms with Crippen molar-refractivity contribution in [3.05, 3.63) is 107 Å². The Morgan fingerprint density at radius 2 is 1.67 bits per heavy atom. The van der Waals surface area contributed by atoms with E-state index in [0.717, 1.165) is 0 Å². The summed E-state index contributed by atoms with van der Waals surface area (Å²) in [6, 6.07) is 22.7. The second-order valence-electron chi connectivity index (χ2n) is 7.66. The molecule has 1 amide bonds. The number of amides is 1. The Kier molecular flexibility index (Phi) is 7.45. The zero-order valence-corrected chi connectivity index (χ0v) is 19.7. The van der Waals surface area contributed by atoms with Gasteiger partial charge in [-0.1, -0.05) is 30.3 Å². The van der Waals surface area contributed by atoms with Gasteiger partial charge in [0.15, 0.2) is 11.3 Å². The number of benzene rings is 3. The number of hydrogen-bond donors (Lipinski definition) is 2. The van der Waals surface area contributed by atoms with Gasteiger partial charge >= 0.3 is 5.97 Å². The lowest BCUT2D eigenvalue weighted by molar-refractivity contribution is -0.139. The van der Waals surface area contributed by atoms with E-state index in [1.165, 1.54) is 6.08 Å². The molecule has 0 fully saturated rings. The van der Waals surface area contributed by atoms with E-state index in [0.29, 0.717) is 28.3 Å². The third-order valence-corrected chi connectivity index (χ3v) is 5.20. The number of ether oxygens (including phenoxy) is 3. The summed E-state index contributed by atoms with van der Waals surface area (Å²) in [6.45, 7) is 1.77. The van der Waals surface area contributed by atoms with Gasteiger partial charge < -0.3 is 24.8 Å². The van der Waals surface area contributed by atoms with Crippen molar-refractivity contribution in [2.24, 2.45) is 0 Å². The molecule has 0 radical (unpaired) electrons. The van der Waals surface area contributed by atoms with Gasteiger partial charge in [-0.2, -0.15) is 0 Å². The maximum Gasteiger partial charge on any atom is 0.347 e. The van der Waals surface area contributed by atoms with Crippen molar-refractivity contribution >= 4 is 35.1 Å². The Hall–Kier alpha value is -4.85. The molecule has 0 unspecified atom stereocenters. The van der Waals surface area contributed by atoms with Gasteiger partial charge in [0.2, 0.25) is 11.7 Å². The minimum absolute atomic E-state index is 0.000127. The number of ketones is 1. The zero-order chi connectivity index (χ0) is 25.5. The molecule has 3 aromatic rings. The number of carbonyl (C=O) groups excluding carboxylic acids is 3. The molecule has 8 nitrogen and oxygen atoms in total. The molecule has 0 bridgehead atoms. The summed E-state index contributed by atoms with van der Waals surface area (Å²) in [5.41, 5.74) is 2.02. The van der Waals surface area contributed by atoms with Crippen LogP contribution < -0.4 is 15.4 Å². The molecule has 2 N–H and O–H groups in total. The van der Waals surface area contributed by atoms with Crippen LogP contribution in [0.15, 0.2) is 96.1 Å². The van der Waals surface area contributed by atoms with Gasteiger partial charge in [-0.05, 0) is 67.1 Å². The second kappa shape index (κ2) is 11.1. The van der Waals surface area contributed by atoms with Crippen molar-refractivity contribution in [3.8, 4) is 5.75 Å². The molecular formula is C28H24N2O6. The zero-order valence-electron chi connectivity index (χ0n) is 19.7. The van der Waals surface area contributed by atoms with Gasteiger partial charge in [0, 0.05) is 16.9 Å². The first-order valence-electron chi connectivity index (χ1n) is 11.2. The monoisotopic (exact) mass is 484 g/mol. The van der Waals surface area contributed by atoms with Crippen LogP contribution in [-0.2, 0) is 19.1 Å². The van der Waals surface area contributed by atoms with E-state index in [4.69, 9.17) is 14.2 Å². The van der Waals surface area contributed by atoms with E-state index in [-0.39, 0.29) is 29.7 Å². The molecule has 0 aromatic heterocycles. The van der Waals surface area contributed by atoms with Crippen LogP contribution in [0.5, 0.6) is 5.75 Å². The number of allylic oxidation sites excluding steroid dienone is 1. The number of nitrogens with one attached hydrogen (secondary N) is 2. The molecule has 1 heterocycles. The molecule has 0 atom stereocenters. The second-order valence-corrected chi connectivity index (χ2v) is 7.66. The summed E-state index contributed by atoms with van der Waals surface area (Å²) >= 11 is 0. The van der Waals surface area contributed by atoms with Gasteiger partial charge in [-0.3, -0.25) is 9.59 Å². The van der Waals surface area contributed by atoms with Gasteiger partial charge in [0.25, 0.3) is 5.91 Å². The van der Waals surface area contributed by atoms with E-state index in [2.05, 4.69) is 10.6 Å². The Morgan fingerprint density at radius 1 is 0.944 bits per heavy atom. The van der Waals surface area contributed by atoms with Gasteiger partial charge in [0.05, 0.1) is 13.7 Å². The Balaban J connectivity index is 1.55. The third kappa shape index (κ3) is 5.61. The number of hydrogen-bond acceptors (Lipinski definition) is 7. The molecule has 0 saturated heterocycles. The number of esters is 1. The fourth-order valence-electron chi connectivity index (χ4n) is 3.46. The first kappa shape index (κ1) is 24.3. The lowest BCUT2D eigenvalue weighted by atomic mass is 10.1. The summed E-state index contributed by atoms with van der Waals surface area (Å²) < 4.78 is 15.9. The molecule has 4 rings (SSSR count). The van der Waals surface area contributed by atoms with Crippen LogP contribution in [-0.4, -0.2) is 31.4 Å². The summed E-state index contributed by atoms with van der Waals surface area (Å²) in [7, 11) is 1.56. The van der Waals surface area contributed by atoms with Crippen molar-refractivity contribution in [1.82, 2.24) is 0 Å². The van der Waals surface area contributed by atoms with Crippen LogP contribution in [0.1, 0.15) is 22.8 Å². The summed E-state index contributed by atoms with van der Waals surface area (Å²) in [4.78, 5) is 38.2. The topological polar surface area (TPSA) is 103 Å². The normalized spacial score (nSPS) is 13.8. The van der Waals surface area contributed by atoms with E-state index in [1.807, 2.05) is 18.2 Å². The van der Waals surface area contributed by atoms with E-state index < -0.39 is 11.8 Å². The lowest BCUT2D eigenvalue weighted by Gasteiger charge is -2.09. The van der Waals surface area contributed by atoms with Crippen molar-refractivity contribution in [3.63, 3.8) is 0 Å². The predicted molar refractivity (Wildman–Crippen MR) is 135 cm³/mol. The van der Waals surface area contributed by atoms with Gasteiger partial charge in [0.1, 0.15) is 5.75 Å². The molecule has 36 heavy (non-hydrogen) atoms. The maximum absolute atomic E-state index is 13.1. The van der Waals surface area contributed by atoms with Crippen LogP contribution in [0.4, 0.5) is 11.4 Å². The Bertz CT molecular complexity index is 1340. The molecule has 0 spiro atoms. The highest BCUT2D eigenvalue weighted by Gasteiger charge is 2.37. The Labute approximate surface area is 208 Å². The summed E-state index contributed by atoms with van der Waals surface area (Å²) in [6.07, 6.45) is 1.50. The quantitative estimate of drug-likeness (QED) is 0.270. The summed E-state index contributed by atoms with van der Waals surface area (Å²) in [5, 5.41) is 5.79. The number of para-hydroxylation sites is 1. The van der Waals surface area contributed by atoms with Gasteiger partial charge in [-0.15, -0.1) is 0 Å². The first-order valence-corrected chi connectivity index (χ1v) is 11.2. The van der Waals surface area contributed by atoms with Crippen LogP contribution in [0.2, 0.25) is 0 Å². The standard InChI is InChI=1S/C28H24N2O6/c1-3-35-28(33)24-25(31)23(36-27(24)30-20-9-5-4-6-10-20)17-18-8-7-11-21(16-18)29-26(32)19-12-14-22(34-2)15-13-19/h4-17,30H,3H2,1-2H3,(H,29,32)/b23-17-. The minimum Gasteiger partial charge on any atom is -0.497 e. The molecular weight excluding hydrogens is 460 g/mol. The van der Waals surface area contributed by atoms with E-state index in [1.54, 1.807) is 74.7 Å². The fourth-order valence-corrected chi connectivity index (χ4v) is 3.46. The average Bonchev–Trinajstić information content (AvgIpc) is 3.19. The molecule has 1 aliphatic heterocycles. The molecule has 1 aliphatic rings. The molecule has 0 saturated carbocycles. The van der Waals surface area contributed by atoms with E-state index >= 15 is 0 Å². The fraction of sp³-hybridized carbons (Fsp3) is 0.107. The maximum atomic E-state index is 13.1. The molecule has 8 heteroatoms. The van der Waals surface area contributed by atoms with E-state index in [9.17, 15) is 14.4 Å². The molecule has 182 valence electrons. The number of rotatable bonds is 8. The average molecular weight is 485 g/mol. The van der Waals surface area contributed by atoms with Crippen LogP contribution >= 0.6 is 0 Å². The minimum atomic E-state index is -0.773. The largest absolute Gasteiger partial charge is 0.497 e. The number of methoxy groups -OCH3 is 1. The Morgan fingerprint density at radius 3 is 2.36 bits per heavy atom. The number of anilines is 2. The van der Waals surface area contributed by atoms with Crippen molar-refractivity contribution < 1.29 is 28.6 Å². The van der Waals surface area contributed by atoms with Crippen LogP contribution in [0.25, 0.3) is 6.08 Å². The highest BCUT2D eigenvalue weighted by molar-refractivity contribution is 6.26. The van der Waals surface area contributed by atoms with Gasteiger partial charge in [-0.25, -0.2) is 4.79 Å². The molecule has 0 aliphatic carbocycles. The number of carbonyl (C=O) groups is 3. The smallest absolute Gasteiger partial charge is 0.347 e. The molecule has 3 aromatic carbocycles. The van der Waals surface area contributed by atoms with Crippen molar-refractivity contribution in [1.29, 1.82) is 0 Å². The van der Waals surface area contributed by atoms with Crippen molar-refractivity contribution in [2.75, 3.05) is 24.4 Å². The van der Waals surface area contributed by atoms with Crippen molar-refractivity contribution in [2.45, 2.75) is 6.92 Å². The lowest BCUT2D eigenvalue weighted by Crippen LogP contribution is -2.16. The number of Topliss-reactive ketones (excluding diaryl/α,β-unsaturated/α-hetero) is 1. The van der Waals surface area contributed by atoms with Crippen LogP contribution in [0.3, 0.4) is 0 Å². The highest BCUT2D eigenvalue weighted by Crippen LogP contribution is 2.29. The predicted octanol–water partition coefficient (Wildman–Crippen LogP) is 4.77.